The van der Waals surface area contributed by atoms with Crippen molar-refractivity contribution in [3.63, 3.8) is 0 Å². The number of phenols is 1. The van der Waals surface area contributed by atoms with Gasteiger partial charge >= 0.3 is 0 Å². The zero-order valence-corrected chi connectivity index (χ0v) is 13.7. The van der Waals surface area contributed by atoms with Gasteiger partial charge in [0.05, 0.1) is 0 Å². The molecule has 0 aromatic heterocycles. The van der Waals surface area contributed by atoms with Gasteiger partial charge in [-0.1, -0.05) is 24.3 Å². The lowest BCUT2D eigenvalue weighted by molar-refractivity contribution is -0.131. The van der Waals surface area contributed by atoms with E-state index in [1.54, 1.807) is 12.1 Å². The molecule has 1 unspecified atom stereocenters. The fourth-order valence-corrected chi connectivity index (χ4v) is 3.91. The molecule has 1 atom stereocenters. The van der Waals surface area contributed by atoms with Gasteiger partial charge in [0.2, 0.25) is 0 Å². The van der Waals surface area contributed by atoms with Crippen LogP contribution in [0.15, 0.2) is 48.5 Å². The van der Waals surface area contributed by atoms with E-state index >= 15 is 0 Å². The molecule has 2 N–H and O–H groups in total. The van der Waals surface area contributed by atoms with Crippen LogP contribution in [0.4, 0.5) is 0 Å². The van der Waals surface area contributed by atoms with Crippen LogP contribution in [0.25, 0.3) is 11.1 Å². The molecule has 2 bridgehead atoms. The molecule has 0 saturated carbocycles. The topological polar surface area (TPSA) is 52.9 Å². The Kier molecular flexibility index (Phi) is 3.94. The molecule has 4 nitrogen and oxygen atoms in total. The first-order chi connectivity index (χ1) is 11.6. The Hall–Kier alpha value is -2.04. The first-order valence-electron chi connectivity index (χ1n) is 8.59. The first-order valence-corrected chi connectivity index (χ1v) is 8.59. The molecule has 5 rings (SSSR count). The van der Waals surface area contributed by atoms with Crippen LogP contribution in [0.2, 0.25) is 0 Å². The summed E-state index contributed by atoms with van der Waals surface area (Å²) in [7, 11) is 0. The number of ether oxygens (including phenoxy) is 1. The second kappa shape index (κ2) is 6.11. The Balaban J connectivity index is 1.41. The number of phenolic OH excluding ortho intramolecular Hbond substituents is 1. The minimum Gasteiger partial charge on any atom is -0.508 e. The molecule has 3 aliphatic rings. The molecule has 3 heterocycles. The van der Waals surface area contributed by atoms with Gasteiger partial charge in [-0.25, -0.2) is 0 Å². The minimum absolute atomic E-state index is 0.268. The van der Waals surface area contributed by atoms with Gasteiger partial charge in [0.15, 0.2) is 0 Å². The van der Waals surface area contributed by atoms with Crippen LogP contribution in [0, 0.1) is 5.92 Å². The largest absolute Gasteiger partial charge is 0.508 e. The SMILES string of the molecule is Oc1ccc(-c2ccc(OCC3(O)CN4CCC3CC4)cc2)cc1. The molecular weight excluding hydrogens is 302 g/mol. The lowest BCUT2D eigenvalue weighted by Gasteiger charge is -2.50. The van der Waals surface area contributed by atoms with Gasteiger partial charge in [0, 0.05) is 6.54 Å². The molecule has 0 amide bonds. The third kappa shape index (κ3) is 2.99. The molecule has 0 aliphatic carbocycles. The summed E-state index contributed by atoms with van der Waals surface area (Å²) in [6.45, 7) is 3.29. The van der Waals surface area contributed by atoms with E-state index in [1.165, 1.54) is 0 Å². The standard InChI is InChI=1S/C20H23NO3/c22-18-5-1-15(2-6-18)16-3-7-19(8-4-16)24-14-20(23)13-21-11-9-17(20)10-12-21/h1-8,17,22-23H,9-14H2. The second-order valence-corrected chi connectivity index (χ2v) is 7.01. The van der Waals surface area contributed by atoms with Crippen molar-refractivity contribution in [2.75, 3.05) is 26.2 Å². The zero-order valence-electron chi connectivity index (χ0n) is 13.7. The molecule has 126 valence electrons. The van der Waals surface area contributed by atoms with Gasteiger partial charge in [0.25, 0.3) is 0 Å². The van der Waals surface area contributed by atoms with Crippen LogP contribution in [-0.4, -0.2) is 47.0 Å². The highest BCUT2D eigenvalue weighted by atomic mass is 16.5. The van der Waals surface area contributed by atoms with Crippen LogP contribution in [0.3, 0.4) is 0 Å². The van der Waals surface area contributed by atoms with Crippen molar-refractivity contribution in [3.05, 3.63) is 48.5 Å². The molecule has 0 spiro atoms. The summed E-state index contributed by atoms with van der Waals surface area (Å²) in [6.07, 6.45) is 2.14. The Morgan fingerprint density at radius 2 is 1.54 bits per heavy atom. The number of piperidine rings is 3. The summed E-state index contributed by atoms with van der Waals surface area (Å²) in [6, 6.07) is 15.0. The third-order valence-corrected chi connectivity index (χ3v) is 5.39. The summed E-state index contributed by atoms with van der Waals surface area (Å²) in [5.41, 5.74) is 1.41. The van der Waals surface area contributed by atoms with E-state index in [0.717, 1.165) is 49.4 Å². The maximum absolute atomic E-state index is 10.9. The number of aromatic hydroxyl groups is 1. The predicted molar refractivity (Wildman–Crippen MR) is 93.2 cm³/mol. The van der Waals surface area contributed by atoms with E-state index in [2.05, 4.69) is 4.90 Å². The number of fused-ring (bicyclic) bond motifs is 3. The van der Waals surface area contributed by atoms with E-state index in [1.807, 2.05) is 36.4 Å². The maximum Gasteiger partial charge on any atom is 0.119 e. The van der Waals surface area contributed by atoms with E-state index < -0.39 is 5.60 Å². The smallest absolute Gasteiger partial charge is 0.119 e. The van der Waals surface area contributed by atoms with E-state index in [9.17, 15) is 10.2 Å². The van der Waals surface area contributed by atoms with Crippen molar-refractivity contribution < 1.29 is 14.9 Å². The summed E-state index contributed by atoms with van der Waals surface area (Å²) >= 11 is 0. The number of nitrogens with zero attached hydrogens (tertiary/aromatic N) is 1. The van der Waals surface area contributed by atoms with Crippen molar-refractivity contribution in [2.24, 2.45) is 5.92 Å². The highest BCUT2D eigenvalue weighted by molar-refractivity contribution is 5.64. The monoisotopic (exact) mass is 325 g/mol. The number of aliphatic hydroxyl groups is 1. The number of hydrogen-bond acceptors (Lipinski definition) is 4. The van der Waals surface area contributed by atoms with Crippen LogP contribution in [0.5, 0.6) is 11.5 Å². The summed E-state index contributed by atoms with van der Waals surface area (Å²) in [5.74, 6) is 1.41. The summed E-state index contributed by atoms with van der Waals surface area (Å²) in [4.78, 5) is 2.33. The highest BCUT2D eigenvalue weighted by Gasteiger charge is 2.45. The van der Waals surface area contributed by atoms with Gasteiger partial charge in [-0.15, -0.1) is 0 Å². The average Bonchev–Trinajstić information content (AvgIpc) is 2.62. The third-order valence-electron chi connectivity index (χ3n) is 5.39. The van der Waals surface area contributed by atoms with Gasteiger partial charge in [-0.05, 0) is 67.2 Å². The van der Waals surface area contributed by atoms with Gasteiger partial charge in [0.1, 0.15) is 23.7 Å². The molecule has 24 heavy (non-hydrogen) atoms. The van der Waals surface area contributed by atoms with Crippen LogP contribution < -0.4 is 4.74 Å². The van der Waals surface area contributed by atoms with Crippen molar-refractivity contribution in [3.8, 4) is 22.6 Å². The second-order valence-electron chi connectivity index (χ2n) is 7.01. The number of hydrogen-bond donors (Lipinski definition) is 2. The molecule has 4 heteroatoms. The lowest BCUT2D eigenvalue weighted by Crippen LogP contribution is -2.61. The molecular formula is C20H23NO3. The quantitative estimate of drug-likeness (QED) is 0.907. The molecule has 0 radical (unpaired) electrons. The molecule has 2 aromatic carbocycles. The zero-order chi connectivity index (χ0) is 16.6. The maximum atomic E-state index is 10.9. The fourth-order valence-electron chi connectivity index (χ4n) is 3.91. The average molecular weight is 325 g/mol. The van der Waals surface area contributed by atoms with Gasteiger partial charge in [-0.2, -0.15) is 0 Å². The van der Waals surface area contributed by atoms with Gasteiger partial charge < -0.3 is 19.8 Å². The van der Waals surface area contributed by atoms with Crippen LogP contribution in [-0.2, 0) is 0 Å². The van der Waals surface area contributed by atoms with Crippen molar-refractivity contribution >= 4 is 0 Å². The summed E-state index contributed by atoms with van der Waals surface area (Å²) in [5, 5.41) is 20.3. The predicted octanol–water partition coefficient (Wildman–Crippen LogP) is 2.89. The summed E-state index contributed by atoms with van der Waals surface area (Å²) < 4.78 is 5.89. The molecule has 2 aromatic rings. The number of benzene rings is 2. The van der Waals surface area contributed by atoms with Crippen LogP contribution in [0.1, 0.15) is 12.8 Å². The first kappa shape index (κ1) is 15.5. The van der Waals surface area contributed by atoms with Crippen molar-refractivity contribution in [1.29, 1.82) is 0 Å². The van der Waals surface area contributed by atoms with E-state index in [4.69, 9.17) is 4.74 Å². The Labute approximate surface area is 142 Å². The molecule has 3 aliphatic heterocycles. The van der Waals surface area contributed by atoms with Crippen molar-refractivity contribution in [2.45, 2.75) is 18.4 Å². The Morgan fingerprint density at radius 1 is 0.958 bits per heavy atom. The van der Waals surface area contributed by atoms with Gasteiger partial charge in [-0.3, -0.25) is 0 Å². The normalized spacial score (nSPS) is 28.7. The lowest BCUT2D eigenvalue weighted by atomic mass is 9.76. The van der Waals surface area contributed by atoms with Crippen molar-refractivity contribution in [1.82, 2.24) is 4.90 Å². The fraction of sp³-hybridized carbons (Fsp3) is 0.400. The van der Waals surface area contributed by atoms with E-state index in [-0.39, 0.29) is 5.75 Å². The Bertz CT molecular complexity index is 690. The van der Waals surface area contributed by atoms with E-state index in [0.29, 0.717) is 12.5 Å². The minimum atomic E-state index is -0.716. The number of rotatable bonds is 4. The highest BCUT2D eigenvalue weighted by Crippen LogP contribution is 2.36. The molecule has 3 saturated heterocycles. The van der Waals surface area contributed by atoms with Crippen LogP contribution >= 0.6 is 0 Å². The Morgan fingerprint density at radius 3 is 2.08 bits per heavy atom. The molecule has 3 fully saturated rings.